The molecule has 1 rings (SSSR count). The molecule has 0 aromatic heterocycles. The van der Waals surface area contributed by atoms with Gasteiger partial charge in [-0.3, -0.25) is 0 Å². The minimum absolute atomic E-state index is 0.266. The standard InChI is InChI=1S/C11H13FN2O/c1-14-4-5-15-8-10-6-11(12)3-2-9(10)7-13/h2-3,6,14H,4-5,8H2,1H3. The maximum Gasteiger partial charge on any atom is 0.123 e. The van der Waals surface area contributed by atoms with Gasteiger partial charge in [0, 0.05) is 6.54 Å². The van der Waals surface area contributed by atoms with Crippen molar-refractivity contribution in [3.8, 4) is 6.07 Å². The van der Waals surface area contributed by atoms with Gasteiger partial charge in [0.2, 0.25) is 0 Å². The van der Waals surface area contributed by atoms with Gasteiger partial charge in [0.05, 0.1) is 24.8 Å². The molecule has 0 heterocycles. The van der Waals surface area contributed by atoms with E-state index in [0.717, 1.165) is 6.54 Å². The number of nitrogens with one attached hydrogen (secondary N) is 1. The summed E-state index contributed by atoms with van der Waals surface area (Å²) in [5.74, 6) is -0.346. The Labute approximate surface area is 88.5 Å². The molecule has 1 aromatic carbocycles. The molecular formula is C11H13FN2O. The Kier molecular flexibility index (Phi) is 4.75. The van der Waals surface area contributed by atoms with E-state index in [9.17, 15) is 4.39 Å². The van der Waals surface area contributed by atoms with Crippen LogP contribution >= 0.6 is 0 Å². The lowest BCUT2D eigenvalue weighted by Gasteiger charge is -2.05. The first-order valence-electron chi connectivity index (χ1n) is 4.69. The van der Waals surface area contributed by atoms with Crippen molar-refractivity contribution in [1.29, 1.82) is 5.26 Å². The van der Waals surface area contributed by atoms with Crippen molar-refractivity contribution in [2.24, 2.45) is 0 Å². The summed E-state index contributed by atoms with van der Waals surface area (Å²) >= 11 is 0. The number of likely N-dealkylation sites (N-methyl/N-ethyl adjacent to an activating group) is 1. The Bertz CT molecular complexity index is 360. The number of nitrogens with zero attached hydrogens (tertiary/aromatic N) is 1. The second kappa shape index (κ2) is 6.12. The van der Waals surface area contributed by atoms with E-state index in [1.807, 2.05) is 13.1 Å². The first-order valence-corrected chi connectivity index (χ1v) is 4.69. The van der Waals surface area contributed by atoms with Gasteiger partial charge in [-0.15, -0.1) is 0 Å². The zero-order chi connectivity index (χ0) is 11.1. The van der Waals surface area contributed by atoms with Crippen LogP contribution in [0.4, 0.5) is 4.39 Å². The fourth-order valence-electron chi connectivity index (χ4n) is 1.15. The number of ether oxygens (including phenoxy) is 1. The number of hydrogen-bond donors (Lipinski definition) is 1. The molecule has 0 aliphatic heterocycles. The third-order valence-corrected chi connectivity index (χ3v) is 1.94. The molecule has 1 N–H and O–H groups in total. The maximum absolute atomic E-state index is 12.9. The fourth-order valence-corrected chi connectivity index (χ4v) is 1.15. The molecular weight excluding hydrogens is 195 g/mol. The molecule has 1 aromatic rings. The van der Waals surface area contributed by atoms with Crippen molar-refractivity contribution >= 4 is 0 Å². The molecule has 3 nitrogen and oxygen atoms in total. The average Bonchev–Trinajstić information content (AvgIpc) is 2.25. The Morgan fingerprint density at radius 2 is 2.33 bits per heavy atom. The smallest absolute Gasteiger partial charge is 0.123 e. The largest absolute Gasteiger partial charge is 0.375 e. The highest BCUT2D eigenvalue weighted by Crippen LogP contribution is 2.11. The van der Waals surface area contributed by atoms with Gasteiger partial charge in [-0.25, -0.2) is 4.39 Å². The van der Waals surface area contributed by atoms with E-state index in [-0.39, 0.29) is 12.4 Å². The van der Waals surface area contributed by atoms with Gasteiger partial charge in [-0.1, -0.05) is 0 Å². The maximum atomic E-state index is 12.9. The minimum Gasteiger partial charge on any atom is -0.375 e. The van der Waals surface area contributed by atoms with Crippen LogP contribution in [-0.4, -0.2) is 20.2 Å². The molecule has 0 saturated carbocycles. The summed E-state index contributed by atoms with van der Waals surface area (Å²) in [6.07, 6.45) is 0. The molecule has 80 valence electrons. The Hall–Kier alpha value is -1.44. The number of hydrogen-bond acceptors (Lipinski definition) is 3. The van der Waals surface area contributed by atoms with Gasteiger partial charge in [0.15, 0.2) is 0 Å². The van der Waals surface area contributed by atoms with E-state index in [1.165, 1.54) is 18.2 Å². The topological polar surface area (TPSA) is 45.0 Å². The van der Waals surface area contributed by atoms with Crippen LogP contribution < -0.4 is 5.32 Å². The second-order valence-electron chi connectivity index (χ2n) is 3.07. The molecule has 0 atom stereocenters. The normalized spacial score (nSPS) is 9.93. The van der Waals surface area contributed by atoms with Crippen molar-refractivity contribution < 1.29 is 9.13 Å². The Morgan fingerprint density at radius 3 is 3.00 bits per heavy atom. The van der Waals surface area contributed by atoms with E-state index in [4.69, 9.17) is 10.00 Å². The highest BCUT2D eigenvalue weighted by Gasteiger charge is 2.03. The summed E-state index contributed by atoms with van der Waals surface area (Å²) in [5.41, 5.74) is 1.05. The van der Waals surface area contributed by atoms with Crippen LogP contribution in [0.2, 0.25) is 0 Å². The van der Waals surface area contributed by atoms with Crippen LogP contribution in [0, 0.1) is 17.1 Å². The Morgan fingerprint density at radius 1 is 1.53 bits per heavy atom. The van der Waals surface area contributed by atoms with Gasteiger partial charge in [0.25, 0.3) is 0 Å². The number of benzene rings is 1. The molecule has 4 heteroatoms. The summed E-state index contributed by atoms with van der Waals surface area (Å²) in [7, 11) is 1.83. The molecule has 0 spiro atoms. The molecule has 0 amide bonds. The van der Waals surface area contributed by atoms with Crippen LogP contribution in [0.25, 0.3) is 0 Å². The molecule has 0 aliphatic rings. The molecule has 0 fully saturated rings. The molecule has 0 aliphatic carbocycles. The number of halogens is 1. The summed E-state index contributed by atoms with van der Waals surface area (Å²) in [6, 6.07) is 6.07. The predicted molar refractivity (Wildman–Crippen MR) is 54.7 cm³/mol. The predicted octanol–water partition coefficient (Wildman–Crippen LogP) is 1.43. The minimum atomic E-state index is -0.346. The fraction of sp³-hybridized carbons (Fsp3) is 0.364. The lowest BCUT2D eigenvalue weighted by molar-refractivity contribution is 0.123. The summed E-state index contributed by atoms with van der Waals surface area (Å²) in [5, 5.41) is 11.7. The lowest BCUT2D eigenvalue weighted by Crippen LogP contribution is -2.14. The van der Waals surface area contributed by atoms with Crippen molar-refractivity contribution in [1.82, 2.24) is 5.32 Å². The SMILES string of the molecule is CNCCOCc1cc(F)ccc1C#N. The zero-order valence-electron chi connectivity index (χ0n) is 8.59. The molecule has 15 heavy (non-hydrogen) atoms. The van der Waals surface area contributed by atoms with Crippen molar-refractivity contribution in [3.05, 3.63) is 35.1 Å². The Balaban J connectivity index is 2.59. The van der Waals surface area contributed by atoms with Crippen LogP contribution in [0.15, 0.2) is 18.2 Å². The number of rotatable bonds is 5. The average molecular weight is 208 g/mol. The quantitative estimate of drug-likeness (QED) is 0.744. The highest BCUT2D eigenvalue weighted by atomic mass is 19.1. The molecule has 0 saturated heterocycles. The third-order valence-electron chi connectivity index (χ3n) is 1.94. The third kappa shape index (κ3) is 3.66. The van der Waals surface area contributed by atoms with E-state index in [1.54, 1.807) is 0 Å². The van der Waals surface area contributed by atoms with Gasteiger partial charge >= 0.3 is 0 Å². The van der Waals surface area contributed by atoms with Crippen molar-refractivity contribution in [2.75, 3.05) is 20.2 Å². The van der Waals surface area contributed by atoms with Crippen LogP contribution in [0.3, 0.4) is 0 Å². The van der Waals surface area contributed by atoms with Gasteiger partial charge in [-0.2, -0.15) is 5.26 Å². The van der Waals surface area contributed by atoms with E-state index in [0.29, 0.717) is 17.7 Å². The number of nitriles is 1. The van der Waals surface area contributed by atoms with Crippen LogP contribution in [-0.2, 0) is 11.3 Å². The molecule has 0 radical (unpaired) electrons. The second-order valence-corrected chi connectivity index (χ2v) is 3.07. The summed E-state index contributed by atoms with van der Waals surface area (Å²) in [6.45, 7) is 1.54. The van der Waals surface area contributed by atoms with Crippen molar-refractivity contribution in [3.63, 3.8) is 0 Å². The molecule has 0 unspecified atom stereocenters. The summed E-state index contributed by atoms with van der Waals surface area (Å²) in [4.78, 5) is 0. The first kappa shape index (κ1) is 11.6. The lowest BCUT2D eigenvalue weighted by atomic mass is 10.1. The van der Waals surface area contributed by atoms with Crippen LogP contribution in [0.5, 0.6) is 0 Å². The van der Waals surface area contributed by atoms with Crippen LogP contribution in [0.1, 0.15) is 11.1 Å². The van der Waals surface area contributed by atoms with E-state index >= 15 is 0 Å². The zero-order valence-corrected chi connectivity index (χ0v) is 8.59. The van der Waals surface area contributed by atoms with Gasteiger partial charge in [0.1, 0.15) is 5.82 Å². The molecule has 0 bridgehead atoms. The van der Waals surface area contributed by atoms with E-state index < -0.39 is 0 Å². The van der Waals surface area contributed by atoms with Gasteiger partial charge < -0.3 is 10.1 Å². The van der Waals surface area contributed by atoms with E-state index in [2.05, 4.69) is 5.32 Å². The highest BCUT2D eigenvalue weighted by molar-refractivity contribution is 5.37. The van der Waals surface area contributed by atoms with Crippen molar-refractivity contribution in [2.45, 2.75) is 6.61 Å². The first-order chi connectivity index (χ1) is 7.27. The summed E-state index contributed by atoms with van der Waals surface area (Å²) < 4.78 is 18.2. The monoisotopic (exact) mass is 208 g/mol. The van der Waals surface area contributed by atoms with Gasteiger partial charge in [-0.05, 0) is 30.8 Å².